The highest BCUT2D eigenvalue weighted by Crippen LogP contribution is 2.30. The number of amides is 5. The Labute approximate surface area is 385 Å². The van der Waals surface area contributed by atoms with Crippen molar-refractivity contribution in [2.45, 2.75) is 136 Å². The molecule has 1 aliphatic heterocycles. The molecular weight excluding hydrogens is 837 g/mol. The van der Waals surface area contributed by atoms with E-state index in [0.29, 0.717) is 31.5 Å². The van der Waals surface area contributed by atoms with Gasteiger partial charge in [0.05, 0.1) is 43.7 Å². The van der Waals surface area contributed by atoms with E-state index in [4.69, 9.17) is 18.9 Å². The summed E-state index contributed by atoms with van der Waals surface area (Å²) in [6, 6.07) is 8.18. The molecule has 18 nitrogen and oxygen atoms in total. The Morgan fingerprint density at radius 1 is 0.938 bits per heavy atom. The van der Waals surface area contributed by atoms with E-state index in [9.17, 15) is 28.8 Å². The Morgan fingerprint density at radius 3 is 2.18 bits per heavy atom. The minimum absolute atomic E-state index is 0.0370. The summed E-state index contributed by atoms with van der Waals surface area (Å²) >= 11 is 0. The summed E-state index contributed by atoms with van der Waals surface area (Å²) in [6.45, 7) is 17.2. The van der Waals surface area contributed by atoms with E-state index in [1.54, 1.807) is 51.5 Å². The Morgan fingerprint density at radius 2 is 1.60 bits per heavy atom. The number of carbonyl (C=O) groups excluding carboxylic acids is 6. The van der Waals surface area contributed by atoms with Crippen molar-refractivity contribution < 1.29 is 47.7 Å². The van der Waals surface area contributed by atoms with Crippen LogP contribution in [0.4, 0.5) is 10.7 Å². The summed E-state index contributed by atoms with van der Waals surface area (Å²) in [5, 5.41) is 11.4. The molecule has 0 saturated carbocycles. The first-order chi connectivity index (χ1) is 30.6. The van der Waals surface area contributed by atoms with E-state index in [1.807, 2.05) is 58.0 Å². The number of carbonyl (C=O) groups is 6. The third-order valence-electron chi connectivity index (χ3n) is 11.7. The van der Waals surface area contributed by atoms with E-state index in [2.05, 4.69) is 31.2 Å². The van der Waals surface area contributed by atoms with Gasteiger partial charge in [0.25, 0.3) is 5.91 Å². The van der Waals surface area contributed by atoms with Crippen molar-refractivity contribution >= 4 is 41.6 Å². The molecule has 2 aromatic rings. The van der Waals surface area contributed by atoms with Crippen molar-refractivity contribution in [3.8, 4) is 0 Å². The van der Waals surface area contributed by atoms with Gasteiger partial charge in [-0.05, 0) is 64.0 Å². The van der Waals surface area contributed by atoms with Gasteiger partial charge in [-0.3, -0.25) is 19.2 Å². The smallest absolute Gasteiger partial charge is 0.407 e. The number of nitrogens with zero attached hydrogens (tertiary/aromatic N) is 4. The number of rotatable bonds is 23. The molecule has 3 rings (SSSR count). The van der Waals surface area contributed by atoms with Gasteiger partial charge in [-0.25, -0.2) is 19.6 Å². The van der Waals surface area contributed by atoms with Crippen molar-refractivity contribution in [1.82, 2.24) is 35.7 Å². The maximum absolute atomic E-state index is 14.5. The maximum Gasteiger partial charge on any atom is 0.407 e. The molecule has 0 bridgehead atoms. The molecular formula is C47H74N8O10. The minimum atomic E-state index is -0.915. The highest BCUT2D eigenvalue weighted by molar-refractivity contribution is 5.93. The first kappa shape index (κ1) is 54.0. The standard InChI is InChI=1S/C47H74N8O10/c1-14-29(4)39(54(10)43(59)38(28(2)3)53-45-50-30(5)25-33(52-45)42(58)48-22-23-49-46(61)65-47(7,8)9)36(62-11)27-37(56)55-24-18-21-35(55)40(63-12)31(6)41(57)51-34(44(60)64-13)26-32-19-16-15-17-20-32/h15-17,19-20,25,28-29,31,34-36,38-40H,14,18,21-24,26-27H2,1-13H3,(H,48,58)(H,49,61)(H,51,57)(H,50,52,53)/t29-,31+,34-,35-,36+,38-,39-,40+/m0/s1. The second-order valence-electron chi connectivity index (χ2n) is 18.1. The number of esters is 1. The summed E-state index contributed by atoms with van der Waals surface area (Å²) in [7, 11) is 6.03. The number of alkyl carbamates (subject to hydrolysis) is 1. The zero-order chi connectivity index (χ0) is 48.6. The molecule has 65 heavy (non-hydrogen) atoms. The van der Waals surface area contributed by atoms with Crippen LogP contribution in [0.3, 0.4) is 0 Å². The van der Waals surface area contributed by atoms with Gasteiger partial charge in [0.2, 0.25) is 23.7 Å². The highest BCUT2D eigenvalue weighted by Gasteiger charge is 2.43. The number of aromatic nitrogens is 2. The largest absolute Gasteiger partial charge is 0.467 e. The van der Waals surface area contributed by atoms with Crippen molar-refractivity contribution in [1.29, 1.82) is 0 Å². The fourth-order valence-electron chi connectivity index (χ4n) is 8.16. The lowest BCUT2D eigenvalue weighted by molar-refractivity contribution is -0.148. The molecule has 8 atom stereocenters. The molecule has 0 aliphatic carbocycles. The van der Waals surface area contributed by atoms with Gasteiger partial charge in [0, 0.05) is 53.0 Å². The SMILES string of the molecule is CC[C@H](C)[C@@H]([C@@H](CC(=O)N1CCC[C@H]1[C@H](OC)[C@@H](C)C(=O)N[C@@H](Cc1ccccc1)C(=O)OC)OC)N(C)C(=O)[C@@H](Nc1nc(C)cc(C(=O)NCCNC(=O)OC(C)(C)C)n1)C(C)C. The molecule has 1 aliphatic rings. The summed E-state index contributed by atoms with van der Waals surface area (Å²) in [6.07, 6.45) is 0.228. The van der Waals surface area contributed by atoms with Crippen molar-refractivity contribution in [2.24, 2.45) is 17.8 Å². The van der Waals surface area contributed by atoms with E-state index < -0.39 is 71.8 Å². The quantitative estimate of drug-likeness (QED) is 0.0905. The van der Waals surface area contributed by atoms with E-state index in [0.717, 1.165) is 5.56 Å². The number of aryl methyl sites for hydroxylation is 1. The van der Waals surface area contributed by atoms with Crippen LogP contribution < -0.4 is 21.3 Å². The molecule has 1 aromatic heterocycles. The van der Waals surface area contributed by atoms with E-state index >= 15 is 0 Å². The van der Waals surface area contributed by atoms with Gasteiger partial charge in [-0.15, -0.1) is 0 Å². The van der Waals surface area contributed by atoms with Crippen LogP contribution >= 0.6 is 0 Å². The van der Waals surface area contributed by atoms with Gasteiger partial charge in [0.15, 0.2) is 0 Å². The van der Waals surface area contributed by atoms with Gasteiger partial charge in [0.1, 0.15) is 23.4 Å². The summed E-state index contributed by atoms with van der Waals surface area (Å²) < 4.78 is 22.2. The van der Waals surface area contributed by atoms with E-state index in [-0.39, 0.29) is 61.2 Å². The third kappa shape index (κ3) is 15.9. The molecule has 1 saturated heterocycles. The molecule has 2 heterocycles. The lowest BCUT2D eigenvalue weighted by Gasteiger charge is -2.40. The number of methoxy groups -OCH3 is 3. The lowest BCUT2D eigenvalue weighted by atomic mass is 9.89. The minimum Gasteiger partial charge on any atom is -0.467 e. The Balaban J connectivity index is 1.76. The second kappa shape index (κ2) is 25.4. The third-order valence-corrected chi connectivity index (χ3v) is 11.7. The van der Waals surface area contributed by atoms with Crippen LogP contribution in [-0.4, -0.2) is 145 Å². The van der Waals surface area contributed by atoms with E-state index in [1.165, 1.54) is 27.4 Å². The number of hydrogen-bond acceptors (Lipinski definition) is 13. The van der Waals surface area contributed by atoms with Gasteiger partial charge >= 0.3 is 12.1 Å². The van der Waals surface area contributed by atoms with Gasteiger partial charge < -0.3 is 50.0 Å². The van der Waals surface area contributed by atoms with Crippen LogP contribution in [0.2, 0.25) is 0 Å². The van der Waals surface area contributed by atoms with Crippen LogP contribution in [0, 0.1) is 24.7 Å². The monoisotopic (exact) mass is 911 g/mol. The molecule has 362 valence electrons. The van der Waals surface area contributed by atoms with Crippen LogP contribution in [0.5, 0.6) is 0 Å². The average molecular weight is 911 g/mol. The summed E-state index contributed by atoms with van der Waals surface area (Å²) in [5.74, 6) is -2.90. The number of ether oxygens (including phenoxy) is 4. The highest BCUT2D eigenvalue weighted by atomic mass is 16.6. The molecule has 1 fully saturated rings. The molecule has 0 radical (unpaired) electrons. The number of benzene rings is 1. The average Bonchev–Trinajstić information content (AvgIpc) is 3.75. The molecule has 4 N–H and O–H groups in total. The van der Waals surface area contributed by atoms with Crippen LogP contribution in [0.15, 0.2) is 36.4 Å². The zero-order valence-corrected chi connectivity index (χ0v) is 40.7. The van der Waals surface area contributed by atoms with Gasteiger partial charge in [-0.2, -0.15) is 0 Å². The van der Waals surface area contributed by atoms with Crippen LogP contribution in [-0.2, 0) is 44.5 Å². The molecule has 0 unspecified atom stereocenters. The zero-order valence-electron chi connectivity index (χ0n) is 40.7. The second-order valence-corrected chi connectivity index (χ2v) is 18.1. The van der Waals surface area contributed by atoms with Crippen LogP contribution in [0.25, 0.3) is 0 Å². The lowest BCUT2D eigenvalue weighted by Crippen LogP contribution is -2.56. The summed E-state index contributed by atoms with van der Waals surface area (Å²) in [5.41, 5.74) is 0.782. The summed E-state index contributed by atoms with van der Waals surface area (Å²) in [4.78, 5) is 92.8. The first-order valence-electron chi connectivity index (χ1n) is 22.6. The predicted molar refractivity (Wildman–Crippen MR) is 246 cm³/mol. The molecule has 5 amide bonds. The topological polar surface area (TPSA) is 220 Å². The molecule has 0 spiro atoms. The van der Waals surface area contributed by atoms with Crippen molar-refractivity contribution in [3.05, 3.63) is 53.3 Å². The Hall–Kier alpha value is -5.36. The fourth-order valence-corrected chi connectivity index (χ4v) is 8.16. The number of hydrogen-bond donors (Lipinski definition) is 4. The van der Waals surface area contributed by atoms with Crippen molar-refractivity contribution in [3.63, 3.8) is 0 Å². The number of nitrogens with one attached hydrogen (secondary N) is 4. The molecule has 18 heteroatoms. The maximum atomic E-state index is 14.5. The Kier molecular flexibility index (Phi) is 21.1. The number of likely N-dealkylation sites (tertiary alicyclic amines) is 1. The number of anilines is 1. The Bertz CT molecular complexity index is 1890. The van der Waals surface area contributed by atoms with Gasteiger partial charge in [-0.1, -0.05) is 71.4 Å². The first-order valence-corrected chi connectivity index (χ1v) is 22.6. The predicted octanol–water partition coefficient (Wildman–Crippen LogP) is 4.30. The number of likely N-dealkylation sites (N-methyl/N-ethyl adjacent to an activating group) is 1. The van der Waals surface area contributed by atoms with Crippen molar-refractivity contribution in [2.75, 3.05) is 53.3 Å². The normalized spacial score (nSPS) is 17.1. The van der Waals surface area contributed by atoms with Crippen LogP contribution in [0.1, 0.15) is 103 Å². The fraction of sp³-hybridized carbons (Fsp3) is 0.660. The molecule has 1 aromatic carbocycles.